The third kappa shape index (κ3) is 4.60. The molecule has 2 rings (SSSR count). The molecule has 0 aromatic rings. The van der Waals surface area contributed by atoms with Gasteiger partial charge >= 0.3 is 5.97 Å². The molecular weight excluding hydrogens is 286 g/mol. The van der Waals surface area contributed by atoms with Gasteiger partial charge in [0.05, 0.1) is 11.5 Å². The summed E-state index contributed by atoms with van der Waals surface area (Å²) < 4.78 is 0.340. The van der Waals surface area contributed by atoms with E-state index in [9.17, 15) is 9.90 Å². The minimum Gasteiger partial charge on any atom is -0.481 e. The molecule has 2 aliphatic carbocycles. The highest BCUT2D eigenvalue weighted by Gasteiger charge is 2.37. The van der Waals surface area contributed by atoms with Crippen molar-refractivity contribution in [3.63, 3.8) is 0 Å². The molecule has 2 saturated carbocycles. The summed E-state index contributed by atoms with van der Waals surface area (Å²) in [4.78, 5) is 11.0. The first-order valence-electron chi connectivity index (χ1n) is 8.20. The molecule has 5 heteroatoms. The number of nitrogens with one attached hydrogen (secondary N) is 1. The molecule has 2 fully saturated rings. The van der Waals surface area contributed by atoms with E-state index in [0.29, 0.717) is 37.0 Å². The Morgan fingerprint density at radius 2 is 1.76 bits per heavy atom. The lowest BCUT2D eigenvalue weighted by molar-refractivity contribution is -0.144. The highest BCUT2D eigenvalue weighted by molar-refractivity contribution is 8.00. The van der Waals surface area contributed by atoms with Gasteiger partial charge in [0.25, 0.3) is 0 Å². The van der Waals surface area contributed by atoms with E-state index >= 15 is 0 Å². The van der Waals surface area contributed by atoms with Gasteiger partial charge < -0.3 is 15.5 Å². The third-order valence-corrected chi connectivity index (χ3v) is 6.78. The standard InChI is InChI=1S/C16H29NO3S/c1-21-16(7-3-2-4-8-16)12-17-11-15(20)9-5-13(6-10-15)14(18)19/h13,17,20H,2-12H2,1H3,(H,18,19). The molecule has 0 aliphatic heterocycles. The van der Waals surface area contributed by atoms with Gasteiger partial charge in [0.1, 0.15) is 0 Å². The minimum atomic E-state index is -0.714. The Hall–Kier alpha value is -0.260. The van der Waals surface area contributed by atoms with Gasteiger partial charge in [0.15, 0.2) is 0 Å². The normalized spacial score (nSPS) is 32.8. The first kappa shape index (κ1) is 17.1. The van der Waals surface area contributed by atoms with Crippen LogP contribution in [0.2, 0.25) is 0 Å². The number of carbonyl (C=O) groups is 1. The summed E-state index contributed by atoms with van der Waals surface area (Å²) in [6.45, 7) is 1.56. The quantitative estimate of drug-likeness (QED) is 0.703. The molecule has 4 nitrogen and oxygen atoms in total. The summed E-state index contributed by atoms with van der Waals surface area (Å²) in [6, 6.07) is 0. The molecular formula is C16H29NO3S. The molecule has 0 spiro atoms. The zero-order valence-corrected chi connectivity index (χ0v) is 13.9. The first-order chi connectivity index (χ1) is 9.99. The summed E-state index contributed by atoms with van der Waals surface area (Å²) in [7, 11) is 0. The van der Waals surface area contributed by atoms with Crippen molar-refractivity contribution in [3.05, 3.63) is 0 Å². The fourth-order valence-electron chi connectivity index (χ4n) is 3.75. The fraction of sp³-hybridized carbons (Fsp3) is 0.938. The highest BCUT2D eigenvalue weighted by atomic mass is 32.2. The van der Waals surface area contributed by atoms with Gasteiger partial charge in [-0.1, -0.05) is 19.3 Å². The molecule has 0 aromatic heterocycles. The predicted molar refractivity (Wildman–Crippen MR) is 86.7 cm³/mol. The highest BCUT2D eigenvalue weighted by Crippen LogP contribution is 2.38. The molecule has 0 bridgehead atoms. The van der Waals surface area contributed by atoms with E-state index < -0.39 is 11.6 Å². The van der Waals surface area contributed by atoms with Crippen LogP contribution in [-0.2, 0) is 4.79 Å². The Balaban J connectivity index is 1.76. The van der Waals surface area contributed by atoms with E-state index in [0.717, 1.165) is 6.54 Å². The zero-order valence-electron chi connectivity index (χ0n) is 13.1. The minimum absolute atomic E-state index is 0.263. The second kappa shape index (κ2) is 7.34. The maximum atomic E-state index is 11.0. The van der Waals surface area contributed by atoms with Gasteiger partial charge in [0, 0.05) is 17.8 Å². The van der Waals surface area contributed by atoms with Crippen molar-refractivity contribution in [2.24, 2.45) is 5.92 Å². The van der Waals surface area contributed by atoms with Crippen molar-refractivity contribution >= 4 is 17.7 Å². The fourth-order valence-corrected chi connectivity index (χ4v) is 4.69. The molecule has 0 heterocycles. The molecule has 0 saturated heterocycles. The summed E-state index contributed by atoms with van der Waals surface area (Å²) in [6.07, 6.45) is 11.1. The second-order valence-electron chi connectivity index (χ2n) is 6.89. The lowest BCUT2D eigenvalue weighted by atomic mass is 9.78. The lowest BCUT2D eigenvalue weighted by Crippen LogP contribution is -2.48. The SMILES string of the molecule is CSC1(CNCC2(O)CCC(C(=O)O)CC2)CCCCC1. The Morgan fingerprint density at radius 3 is 2.29 bits per heavy atom. The summed E-state index contributed by atoms with van der Waals surface area (Å²) >= 11 is 1.96. The van der Waals surface area contributed by atoms with E-state index in [-0.39, 0.29) is 5.92 Å². The molecule has 3 N–H and O–H groups in total. The van der Waals surface area contributed by atoms with E-state index in [1.165, 1.54) is 32.1 Å². The van der Waals surface area contributed by atoms with Gasteiger partial charge in [-0.05, 0) is 44.8 Å². The van der Waals surface area contributed by atoms with Crippen LogP contribution in [0, 0.1) is 5.92 Å². The van der Waals surface area contributed by atoms with Crippen LogP contribution in [-0.4, -0.2) is 45.9 Å². The topological polar surface area (TPSA) is 69.6 Å². The Morgan fingerprint density at radius 1 is 1.14 bits per heavy atom. The number of aliphatic carboxylic acids is 1. The molecule has 2 aliphatic rings. The van der Waals surface area contributed by atoms with Crippen LogP contribution in [0.4, 0.5) is 0 Å². The van der Waals surface area contributed by atoms with Crippen LogP contribution in [0.1, 0.15) is 57.8 Å². The molecule has 0 atom stereocenters. The maximum absolute atomic E-state index is 11.0. The summed E-state index contributed by atoms with van der Waals surface area (Å²) in [5.74, 6) is -0.977. The van der Waals surface area contributed by atoms with Crippen molar-refractivity contribution in [1.29, 1.82) is 0 Å². The number of carboxylic acids is 1. The predicted octanol–water partition coefficient (Wildman–Crippen LogP) is 2.65. The van der Waals surface area contributed by atoms with Crippen molar-refractivity contribution in [2.45, 2.75) is 68.1 Å². The maximum Gasteiger partial charge on any atom is 0.306 e. The molecule has 21 heavy (non-hydrogen) atoms. The van der Waals surface area contributed by atoms with Gasteiger partial charge in [-0.15, -0.1) is 0 Å². The van der Waals surface area contributed by atoms with Gasteiger partial charge in [0.2, 0.25) is 0 Å². The van der Waals surface area contributed by atoms with E-state index in [1.54, 1.807) is 0 Å². The lowest BCUT2D eigenvalue weighted by Gasteiger charge is -2.39. The Labute approximate surface area is 132 Å². The van der Waals surface area contributed by atoms with Crippen LogP contribution < -0.4 is 5.32 Å². The summed E-state index contributed by atoms with van der Waals surface area (Å²) in [5.41, 5.74) is -0.708. The molecule has 0 radical (unpaired) electrons. The van der Waals surface area contributed by atoms with Gasteiger partial charge in [-0.2, -0.15) is 11.8 Å². The molecule has 0 aromatic carbocycles. The van der Waals surface area contributed by atoms with E-state index in [1.807, 2.05) is 11.8 Å². The first-order valence-corrected chi connectivity index (χ1v) is 9.42. The van der Waals surface area contributed by atoms with Crippen molar-refractivity contribution in [3.8, 4) is 0 Å². The molecule has 0 unspecified atom stereocenters. The number of aliphatic hydroxyl groups is 1. The van der Waals surface area contributed by atoms with E-state index in [4.69, 9.17) is 5.11 Å². The molecule has 0 amide bonds. The number of rotatable bonds is 6. The zero-order chi connectivity index (χ0) is 15.3. The van der Waals surface area contributed by atoms with Crippen molar-refractivity contribution in [1.82, 2.24) is 5.32 Å². The smallest absolute Gasteiger partial charge is 0.306 e. The van der Waals surface area contributed by atoms with Crippen LogP contribution in [0.5, 0.6) is 0 Å². The monoisotopic (exact) mass is 315 g/mol. The van der Waals surface area contributed by atoms with Crippen LogP contribution >= 0.6 is 11.8 Å². The number of thioether (sulfide) groups is 1. The van der Waals surface area contributed by atoms with Gasteiger partial charge in [-0.25, -0.2) is 0 Å². The number of hydrogen-bond donors (Lipinski definition) is 3. The number of hydrogen-bond acceptors (Lipinski definition) is 4. The third-order valence-electron chi connectivity index (χ3n) is 5.36. The van der Waals surface area contributed by atoms with Gasteiger partial charge in [-0.3, -0.25) is 4.79 Å². The Kier molecular flexibility index (Phi) is 5.97. The van der Waals surface area contributed by atoms with E-state index in [2.05, 4.69) is 11.6 Å². The van der Waals surface area contributed by atoms with Crippen molar-refractivity contribution in [2.75, 3.05) is 19.3 Å². The molecule has 122 valence electrons. The van der Waals surface area contributed by atoms with Crippen LogP contribution in [0.15, 0.2) is 0 Å². The van der Waals surface area contributed by atoms with Crippen LogP contribution in [0.3, 0.4) is 0 Å². The largest absolute Gasteiger partial charge is 0.481 e. The second-order valence-corrected chi connectivity index (χ2v) is 8.16. The summed E-state index contributed by atoms with van der Waals surface area (Å²) in [5, 5.41) is 23.1. The average Bonchev–Trinajstić information content (AvgIpc) is 2.48. The average molecular weight is 315 g/mol. The Bertz CT molecular complexity index is 347. The van der Waals surface area contributed by atoms with Crippen LogP contribution in [0.25, 0.3) is 0 Å². The number of carboxylic acid groups (broad SMARTS) is 1. The van der Waals surface area contributed by atoms with Crippen molar-refractivity contribution < 1.29 is 15.0 Å².